The van der Waals surface area contributed by atoms with E-state index >= 15 is 0 Å². The van der Waals surface area contributed by atoms with Crippen molar-refractivity contribution >= 4 is 33.5 Å². The third-order valence-corrected chi connectivity index (χ3v) is 6.65. The quantitative estimate of drug-likeness (QED) is 0.347. The lowest BCUT2D eigenvalue weighted by Crippen LogP contribution is -2.46. The van der Waals surface area contributed by atoms with E-state index in [1.165, 1.54) is 0 Å². The summed E-state index contributed by atoms with van der Waals surface area (Å²) in [7, 11) is 0. The zero-order valence-corrected chi connectivity index (χ0v) is 17.8. The van der Waals surface area contributed by atoms with Crippen molar-refractivity contribution in [2.75, 3.05) is 5.32 Å². The molecule has 3 aromatic carbocycles. The van der Waals surface area contributed by atoms with Crippen LogP contribution in [-0.2, 0) is 10.2 Å². The van der Waals surface area contributed by atoms with Crippen molar-refractivity contribution in [1.29, 1.82) is 0 Å². The third kappa shape index (κ3) is 2.13. The first-order valence-electron chi connectivity index (χ1n) is 10.7. The number of para-hydroxylation sites is 2. The van der Waals surface area contributed by atoms with E-state index in [-0.39, 0.29) is 22.6 Å². The first-order valence-corrected chi connectivity index (χ1v) is 10.7. The predicted molar refractivity (Wildman–Crippen MR) is 125 cm³/mol. The number of hydrogen-bond donors (Lipinski definition) is 1. The number of nitrogens with one attached hydrogen (secondary N) is 1. The Balaban J connectivity index is 1.77. The van der Waals surface area contributed by atoms with Gasteiger partial charge in [-0.05, 0) is 37.3 Å². The van der Waals surface area contributed by atoms with E-state index in [4.69, 9.17) is 13.6 Å². The van der Waals surface area contributed by atoms with Crippen molar-refractivity contribution in [1.82, 2.24) is 0 Å². The number of amides is 1. The zero-order valence-electron chi connectivity index (χ0n) is 17.8. The molecule has 0 radical (unpaired) electrons. The van der Waals surface area contributed by atoms with Crippen LogP contribution in [0.15, 0.2) is 85.2 Å². The second-order valence-electron chi connectivity index (χ2n) is 8.53. The fourth-order valence-electron chi connectivity index (χ4n) is 5.24. The van der Waals surface area contributed by atoms with Gasteiger partial charge in [0.25, 0.3) is 0 Å². The Morgan fingerprint density at radius 1 is 0.735 bits per heavy atom. The van der Waals surface area contributed by atoms with E-state index in [0.29, 0.717) is 33.2 Å². The molecule has 7 heteroatoms. The van der Waals surface area contributed by atoms with Crippen LogP contribution in [-0.4, -0.2) is 5.91 Å². The first-order chi connectivity index (χ1) is 16.5. The zero-order chi connectivity index (χ0) is 23.2. The number of ether oxygens (including phenoxy) is 1. The van der Waals surface area contributed by atoms with Gasteiger partial charge in [-0.25, -0.2) is 9.59 Å². The minimum Gasteiger partial charge on any atom is -0.455 e. The topological polar surface area (TPSA) is 98.8 Å². The average molecular weight is 449 g/mol. The summed E-state index contributed by atoms with van der Waals surface area (Å²) in [4.78, 5) is 40.9. The second-order valence-corrected chi connectivity index (χ2v) is 8.53. The van der Waals surface area contributed by atoms with Crippen LogP contribution >= 0.6 is 0 Å². The molecular formula is C27H15NO6. The molecule has 164 valence electrons. The minimum atomic E-state index is -1.79. The van der Waals surface area contributed by atoms with Gasteiger partial charge in [0.05, 0.1) is 10.8 Å². The first kappa shape index (κ1) is 18.9. The van der Waals surface area contributed by atoms with E-state index in [2.05, 4.69) is 5.32 Å². The van der Waals surface area contributed by atoms with E-state index < -0.39 is 22.6 Å². The summed E-state index contributed by atoms with van der Waals surface area (Å²) in [5.41, 5.74) is -0.888. The number of anilines is 1. The SMILES string of the molecule is Cc1ccc2c(c1)C1(C(=O)N2)c2c(c3ccccc3oc2=O)Oc2c1c(=O)oc1ccccc21. The highest BCUT2D eigenvalue weighted by atomic mass is 16.5. The summed E-state index contributed by atoms with van der Waals surface area (Å²) < 4.78 is 17.6. The van der Waals surface area contributed by atoms with Gasteiger partial charge in [-0.1, -0.05) is 42.0 Å². The molecule has 0 bridgehead atoms. The summed E-state index contributed by atoms with van der Waals surface area (Å²) in [6.07, 6.45) is 0. The lowest BCUT2D eigenvalue weighted by atomic mass is 9.68. The molecule has 2 aliphatic heterocycles. The van der Waals surface area contributed by atoms with Gasteiger partial charge in [0.15, 0.2) is 11.5 Å². The van der Waals surface area contributed by atoms with Crippen molar-refractivity contribution in [3.05, 3.63) is 110 Å². The molecule has 1 amide bonds. The summed E-state index contributed by atoms with van der Waals surface area (Å²) >= 11 is 0. The Bertz CT molecular complexity index is 1750. The van der Waals surface area contributed by atoms with Gasteiger partial charge < -0.3 is 18.9 Å². The number of carbonyl (C=O) groups is 1. The Kier molecular flexibility index (Phi) is 3.46. The molecule has 4 heterocycles. The maximum atomic E-state index is 13.9. The van der Waals surface area contributed by atoms with E-state index in [1.807, 2.05) is 13.0 Å². The molecule has 0 saturated carbocycles. The molecule has 7 rings (SSSR count). The lowest BCUT2D eigenvalue weighted by Gasteiger charge is -2.34. The normalized spacial score (nSPS) is 15.0. The average Bonchev–Trinajstić information content (AvgIpc) is 3.10. The maximum absolute atomic E-state index is 13.9. The fraction of sp³-hybridized carbons (Fsp3) is 0.0741. The monoisotopic (exact) mass is 449 g/mol. The Morgan fingerprint density at radius 2 is 1.29 bits per heavy atom. The van der Waals surface area contributed by atoms with Gasteiger partial charge in [0, 0.05) is 11.3 Å². The van der Waals surface area contributed by atoms with Crippen molar-refractivity contribution < 1.29 is 18.4 Å². The summed E-state index contributed by atoms with van der Waals surface area (Å²) in [6.45, 7) is 1.88. The molecule has 0 unspecified atom stereocenters. The molecule has 2 aromatic heterocycles. The Morgan fingerprint density at radius 3 is 1.88 bits per heavy atom. The summed E-state index contributed by atoms with van der Waals surface area (Å²) in [5, 5.41) is 3.91. The van der Waals surface area contributed by atoms with Crippen LogP contribution in [0.1, 0.15) is 22.3 Å². The molecule has 0 saturated heterocycles. The number of rotatable bonds is 0. The molecule has 34 heavy (non-hydrogen) atoms. The van der Waals surface area contributed by atoms with Gasteiger partial charge in [0.2, 0.25) is 5.91 Å². The Labute approximate surface area is 191 Å². The van der Waals surface area contributed by atoms with Gasteiger partial charge >= 0.3 is 11.3 Å². The van der Waals surface area contributed by atoms with Crippen LogP contribution in [0.5, 0.6) is 11.5 Å². The largest absolute Gasteiger partial charge is 0.455 e. The highest BCUT2D eigenvalue weighted by Crippen LogP contribution is 2.56. The fourth-order valence-corrected chi connectivity index (χ4v) is 5.24. The number of aryl methyl sites for hydroxylation is 1. The number of hydrogen-bond acceptors (Lipinski definition) is 6. The molecule has 2 aliphatic rings. The Hall–Kier alpha value is -4.65. The third-order valence-electron chi connectivity index (χ3n) is 6.65. The number of carbonyl (C=O) groups excluding carboxylic acids is 1. The standard InChI is InChI=1S/C27H15NO6/c1-13-10-11-17-16(12-13)27(26(31)28-17)20-22(14-6-2-4-8-18(14)32-24(20)29)34-23-15-7-3-5-9-19(15)33-25(30)21(23)27/h2-12H,1H3,(H,28,31). The van der Waals surface area contributed by atoms with Crippen molar-refractivity contribution in [3.63, 3.8) is 0 Å². The number of benzene rings is 3. The molecule has 1 spiro atoms. The van der Waals surface area contributed by atoms with Crippen molar-refractivity contribution in [2.45, 2.75) is 12.3 Å². The maximum Gasteiger partial charge on any atom is 0.345 e. The van der Waals surface area contributed by atoms with Crippen LogP contribution in [0.2, 0.25) is 0 Å². The molecule has 0 aliphatic carbocycles. The molecular weight excluding hydrogens is 434 g/mol. The van der Waals surface area contributed by atoms with Crippen LogP contribution in [0, 0.1) is 6.92 Å². The van der Waals surface area contributed by atoms with Crippen molar-refractivity contribution in [2.24, 2.45) is 0 Å². The number of fused-ring (bicyclic) bond motifs is 10. The van der Waals surface area contributed by atoms with Crippen LogP contribution < -0.4 is 21.3 Å². The van der Waals surface area contributed by atoms with E-state index in [0.717, 1.165) is 5.56 Å². The van der Waals surface area contributed by atoms with Crippen molar-refractivity contribution in [3.8, 4) is 11.5 Å². The summed E-state index contributed by atoms with van der Waals surface area (Å²) in [5.74, 6) is -0.150. The van der Waals surface area contributed by atoms with Crippen LogP contribution in [0.25, 0.3) is 21.9 Å². The second kappa shape index (κ2) is 6.23. The highest BCUT2D eigenvalue weighted by molar-refractivity contribution is 6.14. The highest BCUT2D eigenvalue weighted by Gasteiger charge is 2.59. The smallest absolute Gasteiger partial charge is 0.345 e. The van der Waals surface area contributed by atoms with E-state index in [1.54, 1.807) is 60.7 Å². The predicted octanol–water partition coefficient (Wildman–Crippen LogP) is 4.60. The van der Waals surface area contributed by atoms with Gasteiger partial charge in [0.1, 0.15) is 27.7 Å². The minimum absolute atomic E-state index is 0.0388. The van der Waals surface area contributed by atoms with Crippen LogP contribution in [0.3, 0.4) is 0 Å². The van der Waals surface area contributed by atoms with Gasteiger partial charge in [-0.3, -0.25) is 4.79 Å². The molecule has 0 atom stereocenters. The van der Waals surface area contributed by atoms with Crippen LogP contribution in [0.4, 0.5) is 5.69 Å². The molecule has 0 fully saturated rings. The molecule has 1 N–H and O–H groups in total. The van der Waals surface area contributed by atoms with Gasteiger partial charge in [-0.15, -0.1) is 0 Å². The molecule has 7 nitrogen and oxygen atoms in total. The van der Waals surface area contributed by atoms with E-state index in [9.17, 15) is 14.4 Å². The molecule has 5 aromatic rings. The lowest BCUT2D eigenvalue weighted by molar-refractivity contribution is -0.118. The summed E-state index contributed by atoms with van der Waals surface area (Å²) in [6, 6.07) is 19.3. The van der Waals surface area contributed by atoms with Gasteiger partial charge in [-0.2, -0.15) is 0 Å².